The number of carboxylic acids is 1. The van der Waals surface area contributed by atoms with Crippen molar-refractivity contribution in [1.82, 2.24) is 5.32 Å². The van der Waals surface area contributed by atoms with Crippen molar-refractivity contribution in [3.63, 3.8) is 0 Å². The van der Waals surface area contributed by atoms with Crippen molar-refractivity contribution in [3.8, 4) is 11.1 Å². The maximum Gasteiger partial charge on any atom is 0.407 e. The fraction of sp³-hybridized carbons (Fsp3) is 0.200. The Morgan fingerprint density at radius 2 is 1.47 bits per heavy atom. The molecule has 4 rings (SSSR count). The van der Waals surface area contributed by atoms with Crippen LogP contribution in [0.15, 0.2) is 66.7 Å². The van der Waals surface area contributed by atoms with E-state index in [9.17, 15) is 23.5 Å². The lowest BCUT2D eigenvalue weighted by Gasteiger charge is -2.23. The van der Waals surface area contributed by atoms with Crippen molar-refractivity contribution < 1.29 is 28.2 Å². The number of rotatable bonds is 6. The number of carboxylic acid groups (broad SMARTS) is 1. The van der Waals surface area contributed by atoms with E-state index < -0.39 is 41.2 Å². The Morgan fingerprint density at radius 3 is 2.00 bits per heavy atom. The predicted molar refractivity (Wildman–Crippen MR) is 114 cm³/mol. The van der Waals surface area contributed by atoms with Gasteiger partial charge >= 0.3 is 12.1 Å². The van der Waals surface area contributed by atoms with Crippen LogP contribution in [0.25, 0.3) is 11.1 Å². The Balaban J connectivity index is 1.49. The molecule has 2 atom stereocenters. The lowest BCUT2D eigenvalue weighted by molar-refractivity contribution is -0.139. The van der Waals surface area contributed by atoms with Crippen LogP contribution in [-0.2, 0) is 9.53 Å². The largest absolute Gasteiger partial charge is 0.480 e. The minimum Gasteiger partial charge on any atom is -0.480 e. The zero-order chi connectivity index (χ0) is 22.8. The van der Waals surface area contributed by atoms with E-state index in [0.717, 1.165) is 34.4 Å². The third kappa shape index (κ3) is 3.93. The van der Waals surface area contributed by atoms with E-state index >= 15 is 0 Å². The molecule has 2 N–H and O–H groups in total. The standard InChI is InChI=1S/C25H21F2NO4/c1-14(22-20(26)11-6-12-21(22)27)23(24(29)30)28-25(31)32-13-19-17-9-4-2-7-15(17)16-8-3-5-10-18(16)19/h2-12,14,19,23H,13H2,1H3,(H,28,31)(H,29,30)/t14-,23-/m1/s1. The summed E-state index contributed by atoms with van der Waals surface area (Å²) in [4.78, 5) is 24.2. The highest BCUT2D eigenvalue weighted by molar-refractivity contribution is 5.82. The minimum absolute atomic E-state index is 0.00532. The van der Waals surface area contributed by atoms with Crippen LogP contribution < -0.4 is 5.32 Å². The molecule has 1 aliphatic rings. The smallest absolute Gasteiger partial charge is 0.407 e. The van der Waals surface area contributed by atoms with E-state index in [1.54, 1.807) is 0 Å². The molecular formula is C25H21F2NO4. The Kier molecular flexibility index (Phi) is 5.90. The molecule has 0 heterocycles. The van der Waals surface area contributed by atoms with Gasteiger partial charge in [-0.1, -0.05) is 61.5 Å². The number of carbonyl (C=O) groups excluding carboxylic acids is 1. The molecule has 1 aliphatic carbocycles. The van der Waals surface area contributed by atoms with E-state index in [4.69, 9.17) is 4.74 Å². The highest BCUT2D eigenvalue weighted by Crippen LogP contribution is 2.44. The molecule has 3 aromatic carbocycles. The third-order valence-electron chi connectivity index (χ3n) is 5.84. The van der Waals surface area contributed by atoms with Gasteiger partial charge in [-0.3, -0.25) is 0 Å². The van der Waals surface area contributed by atoms with Gasteiger partial charge in [0.2, 0.25) is 0 Å². The molecule has 0 saturated heterocycles. The van der Waals surface area contributed by atoms with Crippen molar-refractivity contribution in [3.05, 3.63) is 95.1 Å². The summed E-state index contributed by atoms with van der Waals surface area (Å²) >= 11 is 0. The van der Waals surface area contributed by atoms with Gasteiger partial charge in [0.05, 0.1) is 0 Å². The molecule has 5 nitrogen and oxygen atoms in total. The van der Waals surface area contributed by atoms with Gasteiger partial charge in [-0.15, -0.1) is 0 Å². The van der Waals surface area contributed by atoms with Crippen molar-refractivity contribution in [2.45, 2.75) is 24.8 Å². The number of ether oxygens (including phenoxy) is 1. The van der Waals surface area contributed by atoms with Crippen LogP contribution in [0.5, 0.6) is 0 Å². The first-order chi connectivity index (χ1) is 15.4. The molecule has 0 aromatic heterocycles. The minimum atomic E-state index is -1.57. The average Bonchev–Trinajstić information content (AvgIpc) is 3.09. The Labute approximate surface area is 183 Å². The summed E-state index contributed by atoms with van der Waals surface area (Å²) in [5.41, 5.74) is 3.74. The SMILES string of the molecule is C[C@H](c1c(F)cccc1F)[C@@H](NC(=O)OCC1c2ccccc2-c2ccccc21)C(=O)O. The van der Waals surface area contributed by atoms with E-state index in [2.05, 4.69) is 5.32 Å². The first-order valence-electron chi connectivity index (χ1n) is 10.2. The van der Waals surface area contributed by atoms with Crippen LogP contribution in [0.2, 0.25) is 0 Å². The number of fused-ring (bicyclic) bond motifs is 3. The molecule has 0 radical (unpaired) electrons. The first kappa shape index (κ1) is 21.5. The average molecular weight is 437 g/mol. The maximum atomic E-state index is 14.1. The van der Waals surface area contributed by atoms with E-state index in [-0.39, 0.29) is 12.5 Å². The van der Waals surface area contributed by atoms with Gasteiger partial charge in [0.25, 0.3) is 0 Å². The third-order valence-corrected chi connectivity index (χ3v) is 5.84. The van der Waals surface area contributed by atoms with Crippen LogP contribution in [0, 0.1) is 11.6 Å². The molecule has 0 spiro atoms. The van der Waals surface area contributed by atoms with Gasteiger partial charge in [0.1, 0.15) is 24.3 Å². The summed E-state index contributed by atoms with van der Waals surface area (Å²) in [7, 11) is 0. The molecule has 0 bridgehead atoms. The lowest BCUT2D eigenvalue weighted by atomic mass is 9.92. The molecule has 32 heavy (non-hydrogen) atoms. The molecule has 7 heteroatoms. The van der Waals surface area contributed by atoms with Crippen LogP contribution in [0.4, 0.5) is 13.6 Å². The summed E-state index contributed by atoms with van der Waals surface area (Å²) in [6.45, 7) is 1.33. The van der Waals surface area contributed by atoms with Crippen LogP contribution in [0.3, 0.4) is 0 Å². The summed E-state index contributed by atoms with van der Waals surface area (Å²) in [6, 6.07) is 17.3. The van der Waals surface area contributed by atoms with Gasteiger partial charge in [-0.25, -0.2) is 18.4 Å². The zero-order valence-electron chi connectivity index (χ0n) is 17.2. The topological polar surface area (TPSA) is 75.6 Å². The van der Waals surface area contributed by atoms with E-state index in [1.807, 2.05) is 48.5 Å². The second kappa shape index (κ2) is 8.78. The maximum absolute atomic E-state index is 14.1. The number of halogens is 2. The highest BCUT2D eigenvalue weighted by Gasteiger charge is 2.33. The fourth-order valence-electron chi connectivity index (χ4n) is 4.28. The second-order valence-corrected chi connectivity index (χ2v) is 7.71. The molecule has 0 saturated carbocycles. The predicted octanol–water partition coefficient (Wildman–Crippen LogP) is 5.06. The van der Waals surface area contributed by atoms with Crippen molar-refractivity contribution in [2.75, 3.05) is 6.61 Å². The number of amides is 1. The Hall–Kier alpha value is -3.74. The zero-order valence-corrected chi connectivity index (χ0v) is 17.2. The normalized spacial score (nSPS) is 14.2. The van der Waals surface area contributed by atoms with Crippen molar-refractivity contribution in [2.24, 2.45) is 0 Å². The molecule has 1 amide bonds. The summed E-state index contributed by atoms with van der Waals surface area (Å²) < 4.78 is 33.6. The number of hydrogen-bond acceptors (Lipinski definition) is 3. The number of aliphatic carboxylic acids is 1. The molecular weight excluding hydrogens is 416 g/mol. The number of hydrogen-bond donors (Lipinski definition) is 2. The number of nitrogens with one attached hydrogen (secondary N) is 1. The van der Waals surface area contributed by atoms with Gasteiger partial charge < -0.3 is 15.2 Å². The van der Waals surface area contributed by atoms with E-state index in [1.165, 1.54) is 13.0 Å². The fourth-order valence-corrected chi connectivity index (χ4v) is 4.28. The van der Waals surface area contributed by atoms with Gasteiger partial charge in [-0.2, -0.15) is 0 Å². The number of alkyl carbamates (subject to hydrolysis) is 1. The lowest BCUT2D eigenvalue weighted by Crippen LogP contribution is -2.45. The van der Waals surface area contributed by atoms with Crippen LogP contribution in [-0.4, -0.2) is 29.8 Å². The van der Waals surface area contributed by atoms with Crippen LogP contribution >= 0.6 is 0 Å². The van der Waals surface area contributed by atoms with Gasteiger partial charge in [0.15, 0.2) is 0 Å². The Morgan fingerprint density at radius 1 is 0.938 bits per heavy atom. The molecule has 0 unspecified atom stereocenters. The first-order valence-corrected chi connectivity index (χ1v) is 10.2. The molecule has 164 valence electrons. The van der Waals surface area contributed by atoms with E-state index in [0.29, 0.717) is 0 Å². The number of carbonyl (C=O) groups is 2. The van der Waals surface area contributed by atoms with Gasteiger partial charge in [-0.05, 0) is 34.4 Å². The number of benzene rings is 3. The molecule has 0 fully saturated rings. The van der Waals surface area contributed by atoms with Crippen molar-refractivity contribution >= 4 is 12.1 Å². The molecule has 3 aromatic rings. The van der Waals surface area contributed by atoms with Gasteiger partial charge in [0, 0.05) is 17.4 Å². The summed E-state index contributed by atoms with van der Waals surface area (Å²) in [5.74, 6) is -4.53. The highest BCUT2D eigenvalue weighted by atomic mass is 19.1. The quantitative estimate of drug-likeness (QED) is 0.565. The summed E-state index contributed by atoms with van der Waals surface area (Å²) in [5, 5.41) is 11.8. The Bertz CT molecular complexity index is 1110. The van der Waals surface area contributed by atoms with Crippen molar-refractivity contribution in [1.29, 1.82) is 0 Å². The molecule has 0 aliphatic heterocycles. The van der Waals surface area contributed by atoms with Crippen LogP contribution in [0.1, 0.15) is 35.4 Å². The second-order valence-electron chi connectivity index (χ2n) is 7.71. The summed E-state index contributed by atoms with van der Waals surface area (Å²) in [6.07, 6.45) is -0.970. The monoisotopic (exact) mass is 437 g/mol.